The highest BCUT2D eigenvalue weighted by molar-refractivity contribution is 7.15. The first-order valence-corrected chi connectivity index (χ1v) is 6.16. The third-order valence-corrected chi connectivity index (χ3v) is 3.62. The van der Waals surface area contributed by atoms with Gasteiger partial charge in [0.1, 0.15) is 0 Å². The van der Waals surface area contributed by atoms with Gasteiger partial charge in [0.15, 0.2) is 5.13 Å². The van der Waals surface area contributed by atoms with E-state index in [4.69, 9.17) is 0 Å². The van der Waals surface area contributed by atoms with Crippen LogP contribution >= 0.6 is 11.3 Å². The van der Waals surface area contributed by atoms with Crippen molar-refractivity contribution < 1.29 is 9.53 Å². The first kappa shape index (κ1) is 13.0. The second kappa shape index (κ2) is 5.84. The standard InChI is InChI=1S/C11H18N2O2S/c1-5-13(7-6-10(14)15-4)11-12-8(2)9(3)16-11/h5-7H2,1-4H3. The van der Waals surface area contributed by atoms with E-state index in [1.165, 1.54) is 12.0 Å². The number of thiazole rings is 1. The summed E-state index contributed by atoms with van der Waals surface area (Å²) in [5.74, 6) is -0.177. The van der Waals surface area contributed by atoms with E-state index >= 15 is 0 Å². The Kier molecular flexibility index (Phi) is 4.73. The van der Waals surface area contributed by atoms with Gasteiger partial charge in [0.05, 0.1) is 19.2 Å². The molecule has 0 N–H and O–H groups in total. The zero-order chi connectivity index (χ0) is 12.1. The Morgan fingerprint density at radius 1 is 1.50 bits per heavy atom. The van der Waals surface area contributed by atoms with Gasteiger partial charge < -0.3 is 9.64 Å². The molecule has 0 radical (unpaired) electrons. The summed E-state index contributed by atoms with van der Waals surface area (Å²) in [6.07, 6.45) is 0.405. The molecule has 0 saturated heterocycles. The number of esters is 1. The molecule has 0 unspecified atom stereocenters. The number of anilines is 1. The Morgan fingerprint density at radius 2 is 2.19 bits per heavy atom. The van der Waals surface area contributed by atoms with Crippen LogP contribution in [0.3, 0.4) is 0 Å². The lowest BCUT2D eigenvalue weighted by Crippen LogP contribution is -2.25. The molecule has 4 nitrogen and oxygen atoms in total. The van der Waals surface area contributed by atoms with Crippen LogP contribution in [0.5, 0.6) is 0 Å². The largest absolute Gasteiger partial charge is 0.469 e. The lowest BCUT2D eigenvalue weighted by atomic mass is 10.4. The van der Waals surface area contributed by atoms with Crippen molar-refractivity contribution in [2.24, 2.45) is 0 Å². The van der Waals surface area contributed by atoms with E-state index in [-0.39, 0.29) is 5.97 Å². The smallest absolute Gasteiger partial charge is 0.307 e. The van der Waals surface area contributed by atoms with E-state index in [1.54, 1.807) is 11.3 Å². The number of methoxy groups -OCH3 is 1. The highest BCUT2D eigenvalue weighted by Gasteiger charge is 2.12. The summed E-state index contributed by atoms with van der Waals surface area (Å²) in [7, 11) is 1.41. The van der Waals surface area contributed by atoms with Crippen LogP contribution in [0, 0.1) is 13.8 Å². The van der Waals surface area contributed by atoms with Crippen molar-refractivity contribution in [3.05, 3.63) is 10.6 Å². The van der Waals surface area contributed by atoms with Crippen molar-refractivity contribution in [1.82, 2.24) is 4.98 Å². The molecular weight excluding hydrogens is 224 g/mol. The van der Waals surface area contributed by atoms with E-state index in [1.807, 2.05) is 6.92 Å². The summed E-state index contributed by atoms with van der Waals surface area (Å²) in [5, 5.41) is 0.987. The van der Waals surface area contributed by atoms with Crippen LogP contribution in [0.15, 0.2) is 0 Å². The third-order valence-electron chi connectivity index (χ3n) is 2.48. The Bertz CT molecular complexity index is 343. The second-order valence-corrected chi connectivity index (χ2v) is 4.73. The minimum absolute atomic E-state index is 0.177. The van der Waals surface area contributed by atoms with Gasteiger partial charge >= 0.3 is 5.97 Å². The molecule has 90 valence electrons. The molecule has 1 heterocycles. The number of rotatable bonds is 5. The van der Waals surface area contributed by atoms with Crippen LogP contribution in [0.4, 0.5) is 5.13 Å². The van der Waals surface area contributed by atoms with Crippen molar-refractivity contribution in [2.45, 2.75) is 27.2 Å². The Balaban J connectivity index is 2.63. The maximum atomic E-state index is 11.1. The molecule has 0 amide bonds. The van der Waals surface area contributed by atoms with Gasteiger partial charge in [-0.2, -0.15) is 0 Å². The highest BCUT2D eigenvalue weighted by atomic mass is 32.1. The number of aryl methyl sites for hydroxylation is 2. The molecule has 1 aromatic rings. The predicted molar refractivity (Wildman–Crippen MR) is 66.1 cm³/mol. The minimum atomic E-state index is -0.177. The topological polar surface area (TPSA) is 42.4 Å². The summed E-state index contributed by atoms with van der Waals surface area (Å²) in [4.78, 5) is 18.9. The molecule has 16 heavy (non-hydrogen) atoms. The Labute approximate surface area is 100 Å². The van der Waals surface area contributed by atoms with Crippen molar-refractivity contribution in [3.63, 3.8) is 0 Å². The average Bonchev–Trinajstić information content (AvgIpc) is 2.59. The Morgan fingerprint density at radius 3 is 2.62 bits per heavy atom. The summed E-state index contributed by atoms with van der Waals surface area (Å²) in [6, 6.07) is 0. The number of carbonyl (C=O) groups excluding carboxylic acids is 1. The first-order valence-electron chi connectivity index (χ1n) is 5.34. The number of hydrogen-bond acceptors (Lipinski definition) is 5. The van der Waals surface area contributed by atoms with Crippen LogP contribution in [0.2, 0.25) is 0 Å². The fourth-order valence-corrected chi connectivity index (χ4v) is 2.31. The maximum absolute atomic E-state index is 11.1. The van der Waals surface area contributed by atoms with Crippen molar-refractivity contribution in [1.29, 1.82) is 0 Å². The number of ether oxygens (including phenoxy) is 1. The number of hydrogen-bond donors (Lipinski definition) is 0. The van der Waals surface area contributed by atoms with Gasteiger partial charge in [0, 0.05) is 18.0 Å². The molecular formula is C11H18N2O2S. The molecule has 0 aliphatic heterocycles. The van der Waals surface area contributed by atoms with Crippen LogP contribution in [0.1, 0.15) is 23.9 Å². The molecule has 5 heteroatoms. The number of nitrogens with zero attached hydrogens (tertiary/aromatic N) is 2. The summed E-state index contributed by atoms with van der Waals surface area (Å²) in [6.45, 7) is 7.64. The molecule has 0 fully saturated rings. The Hall–Kier alpha value is -1.10. The third kappa shape index (κ3) is 3.20. The molecule has 0 aliphatic carbocycles. The first-order chi connectivity index (χ1) is 7.58. The monoisotopic (exact) mass is 242 g/mol. The zero-order valence-corrected chi connectivity index (χ0v) is 11.1. The molecule has 0 atom stereocenters. The van der Waals surface area contributed by atoms with Crippen LogP contribution in [-0.4, -0.2) is 31.2 Å². The van der Waals surface area contributed by atoms with Crippen LogP contribution in [-0.2, 0) is 9.53 Å². The molecule has 1 rings (SSSR count). The number of aromatic nitrogens is 1. The molecule has 0 spiro atoms. The van der Waals surface area contributed by atoms with Gasteiger partial charge in [-0.1, -0.05) is 0 Å². The lowest BCUT2D eigenvalue weighted by Gasteiger charge is -2.18. The molecule has 1 aromatic heterocycles. The fourth-order valence-electron chi connectivity index (χ4n) is 1.31. The van der Waals surface area contributed by atoms with Crippen LogP contribution < -0.4 is 4.90 Å². The van der Waals surface area contributed by atoms with Crippen LogP contribution in [0.25, 0.3) is 0 Å². The van der Waals surface area contributed by atoms with Gasteiger partial charge in [-0.15, -0.1) is 11.3 Å². The zero-order valence-electron chi connectivity index (χ0n) is 10.2. The molecule has 0 aliphatic rings. The number of carbonyl (C=O) groups is 1. The van der Waals surface area contributed by atoms with Crippen molar-refractivity contribution in [2.75, 3.05) is 25.1 Å². The second-order valence-electron chi connectivity index (χ2n) is 3.54. The SMILES string of the molecule is CCN(CCC(=O)OC)c1nc(C)c(C)s1. The van der Waals surface area contributed by atoms with Crippen molar-refractivity contribution in [3.8, 4) is 0 Å². The van der Waals surface area contributed by atoms with Gasteiger partial charge in [-0.05, 0) is 20.8 Å². The van der Waals surface area contributed by atoms with E-state index in [2.05, 4.69) is 28.5 Å². The fraction of sp³-hybridized carbons (Fsp3) is 0.636. The molecule has 0 saturated carbocycles. The summed E-state index contributed by atoms with van der Waals surface area (Å²) in [5.41, 5.74) is 1.07. The van der Waals surface area contributed by atoms with E-state index in [9.17, 15) is 4.79 Å². The van der Waals surface area contributed by atoms with Crippen molar-refractivity contribution >= 4 is 22.4 Å². The minimum Gasteiger partial charge on any atom is -0.469 e. The van der Waals surface area contributed by atoms with E-state index in [0.29, 0.717) is 13.0 Å². The van der Waals surface area contributed by atoms with Gasteiger partial charge in [-0.25, -0.2) is 4.98 Å². The normalized spacial score (nSPS) is 10.2. The quantitative estimate of drug-likeness (QED) is 0.742. The molecule has 0 bridgehead atoms. The summed E-state index contributed by atoms with van der Waals surface area (Å²) < 4.78 is 4.63. The lowest BCUT2D eigenvalue weighted by molar-refractivity contribution is -0.140. The average molecular weight is 242 g/mol. The molecule has 0 aromatic carbocycles. The maximum Gasteiger partial charge on any atom is 0.307 e. The van der Waals surface area contributed by atoms with E-state index < -0.39 is 0 Å². The summed E-state index contributed by atoms with van der Waals surface area (Å²) >= 11 is 1.67. The predicted octanol–water partition coefficient (Wildman–Crippen LogP) is 2.15. The van der Waals surface area contributed by atoms with Gasteiger partial charge in [0.2, 0.25) is 0 Å². The van der Waals surface area contributed by atoms with E-state index in [0.717, 1.165) is 17.4 Å². The van der Waals surface area contributed by atoms with Gasteiger partial charge in [0.25, 0.3) is 0 Å². The highest BCUT2D eigenvalue weighted by Crippen LogP contribution is 2.24. The van der Waals surface area contributed by atoms with Gasteiger partial charge in [-0.3, -0.25) is 4.79 Å².